The predicted molar refractivity (Wildman–Crippen MR) is 107 cm³/mol. The fraction of sp³-hybridized carbons (Fsp3) is 0.105. The second kappa shape index (κ2) is 6.66. The van der Waals surface area contributed by atoms with E-state index in [2.05, 4.69) is 26.0 Å². The van der Waals surface area contributed by atoms with E-state index in [9.17, 15) is 4.79 Å². The van der Waals surface area contributed by atoms with Crippen LogP contribution in [-0.4, -0.2) is 21.7 Å². The lowest BCUT2D eigenvalue weighted by Crippen LogP contribution is -2.23. The summed E-state index contributed by atoms with van der Waals surface area (Å²) in [4.78, 5) is 17.8. The van der Waals surface area contributed by atoms with Crippen LogP contribution >= 0.6 is 27.3 Å². The molecule has 4 aromatic rings. The van der Waals surface area contributed by atoms with Crippen LogP contribution in [-0.2, 0) is 0 Å². The zero-order valence-electron chi connectivity index (χ0n) is 14.1. The minimum Gasteiger partial charge on any atom is -0.496 e. The van der Waals surface area contributed by atoms with Crippen molar-refractivity contribution in [2.45, 2.75) is 6.92 Å². The first kappa shape index (κ1) is 16.9. The van der Waals surface area contributed by atoms with E-state index in [4.69, 9.17) is 4.74 Å². The van der Waals surface area contributed by atoms with Gasteiger partial charge < -0.3 is 4.74 Å². The van der Waals surface area contributed by atoms with Gasteiger partial charge in [-0.15, -0.1) is 5.10 Å². The van der Waals surface area contributed by atoms with Gasteiger partial charge >= 0.3 is 0 Å². The lowest BCUT2D eigenvalue weighted by atomic mass is 10.1. The van der Waals surface area contributed by atoms with Gasteiger partial charge in [-0.25, -0.2) is 0 Å². The van der Waals surface area contributed by atoms with E-state index in [-0.39, 0.29) is 5.56 Å². The summed E-state index contributed by atoms with van der Waals surface area (Å²) in [6.07, 6.45) is 1.80. The summed E-state index contributed by atoms with van der Waals surface area (Å²) in [5, 5.41) is 4.39. The molecule has 130 valence electrons. The molecule has 0 saturated carbocycles. The molecular weight excluding hydrogens is 414 g/mol. The molecule has 4 rings (SSSR count). The van der Waals surface area contributed by atoms with Gasteiger partial charge in [0, 0.05) is 15.6 Å². The maximum atomic E-state index is 12.7. The molecule has 5 nitrogen and oxygen atoms in total. The lowest BCUT2D eigenvalue weighted by Gasteiger charge is -2.04. The Bertz CT molecular complexity index is 1230. The van der Waals surface area contributed by atoms with Crippen LogP contribution in [0.3, 0.4) is 0 Å². The van der Waals surface area contributed by atoms with Crippen molar-refractivity contribution in [2.24, 2.45) is 0 Å². The second-order valence-corrected chi connectivity index (χ2v) is 7.73. The third-order valence-electron chi connectivity index (χ3n) is 3.94. The number of ether oxygens (including phenoxy) is 1. The summed E-state index contributed by atoms with van der Waals surface area (Å²) in [6.45, 7) is 2.01. The van der Waals surface area contributed by atoms with Gasteiger partial charge in [0.05, 0.1) is 11.6 Å². The highest BCUT2D eigenvalue weighted by Crippen LogP contribution is 2.23. The van der Waals surface area contributed by atoms with Crippen LogP contribution in [0, 0.1) is 6.92 Å². The Labute approximate surface area is 161 Å². The third kappa shape index (κ3) is 3.04. The summed E-state index contributed by atoms with van der Waals surface area (Å²) in [5.74, 6) is 1.26. The normalized spacial score (nSPS) is 12.0. The average molecular weight is 428 g/mol. The number of thiazole rings is 1. The van der Waals surface area contributed by atoms with E-state index in [1.165, 1.54) is 15.9 Å². The highest BCUT2D eigenvalue weighted by atomic mass is 79.9. The number of fused-ring (bicyclic) bond motifs is 1. The van der Waals surface area contributed by atoms with Crippen molar-refractivity contribution < 1.29 is 4.74 Å². The quantitative estimate of drug-likeness (QED) is 0.502. The van der Waals surface area contributed by atoms with E-state index >= 15 is 0 Å². The molecule has 2 aromatic heterocycles. The van der Waals surface area contributed by atoms with Crippen LogP contribution in [0.1, 0.15) is 11.1 Å². The van der Waals surface area contributed by atoms with Crippen molar-refractivity contribution in [3.05, 3.63) is 73.0 Å². The molecule has 0 amide bonds. The summed E-state index contributed by atoms with van der Waals surface area (Å²) in [7, 11) is 1.61. The Hall–Kier alpha value is -2.51. The molecule has 2 heterocycles. The van der Waals surface area contributed by atoms with Crippen molar-refractivity contribution in [1.82, 2.24) is 14.6 Å². The molecule has 0 aliphatic heterocycles. The molecule has 0 aliphatic carbocycles. The van der Waals surface area contributed by atoms with Crippen molar-refractivity contribution in [1.29, 1.82) is 0 Å². The number of hydrogen-bond acceptors (Lipinski definition) is 5. The highest BCUT2D eigenvalue weighted by molar-refractivity contribution is 9.10. The smallest absolute Gasteiger partial charge is 0.291 e. The van der Waals surface area contributed by atoms with E-state index in [1.807, 2.05) is 49.4 Å². The Morgan fingerprint density at radius 2 is 2.08 bits per heavy atom. The summed E-state index contributed by atoms with van der Waals surface area (Å²) in [5.41, 5.74) is 2.67. The number of rotatable bonds is 3. The third-order valence-corrected chi connectivity index (χ3v) is 5.39. The Balaban J connectivity index is 1.84. The number of aromatic nitrogens is 3. The average Bonchev–Trinajstić information content (AvgIpc) is 3.15. The maximum absolute atomic E-state index is 12.7. The maximum Gasteiger partial charge on any atom is 0.291 e. The molecule has 0 bridgehead atoms. The Morgan fingerprint density at radius 3 is 2.81 bits per heavy atom. The minimum atomic E-state index is -0.182. The number of hydrogen-bond donors (Lipinski definition) is 0. The van der Waals surface area contributed by atoms with Crippen LogP contribution in [0.2, 0.25) is 0 Å². The Kier molecular flexibility index (Phi) is 4.34. The van der Waals surface area contributed by atoms with Crippen LogP contribution in [0.4, 0.5) is 0 Å². The number of aryl methyl sites for hydroxylation is 1. The molecule has 0 saturated heterocycles. The first-order valence-electron chi connectivity index (χ1n) is 7.87. The number of benzene rings is 2. The topological polar surface area (TPSA) is 56.5 Å². The van der Waals surface area contributed by atoms with Crippen molar-refractivity contribution in [3.8, 4) is 17.1 Å². The molecule has 0 spiro atoms. The van der Waals surface area contributed by atoms with Crippen molar-refractivity contribution in [3.63, 3.8) is 0 Å². The van der Waals surface area contributed by atoms with Gasteiger partial charge in [-0.1, -0.05) is 51.0 Å². The minimum absolute atomic E-state index is 0.182. The number of methoxy groups -OCH3 is 1. The van der Waals surface area contributed by atoms with Gasteiger partial charge in [0.15, 0.2) is 5.82 Å². The van der Waals surface area contributed by atoms with Gasteiger partial charge in [-0.05, 0) is 37.3 Å². The first-order chi connectivity index (χ1) is 12.5. The molecule has 0 atom stereocenters. The molecule has 0 radical (unpaired) electrons. The highest BCUT2D eigenvalue weighted by Gasteiger charge is 2.12. The Morgan fingerprint density at radius 1 is 1.23 bits per heavy atom. The largest absolute Gasteiger partial charge is 0.496 e. The fourth-order valence-electron chi connectivity index (χ4n) is 2.70. The van der Waals surface area contributed by atoms with Crippen LogP contribution < -0.4 is 14.8 Å². The zero-order valence-corrected chi connectivity index (χ0v) is 16.5. The monoisotopic (exact) mass is 427 g/mol. The first-order valence-corrected chi connectivity index (χ1v) is 9.48. The van der Waals surface area contributed by atoms with Crippen molar-refractivity contribution in [2.75, 3.05) is 7.11 Å². The van der Waals surface area contributed by atoms with Crippen molar-refractivity contribution >= 4 is 38.3 Å². The summed E-state index contributed by atoms with van der Waals surface area (Å²) < 4.78 is 8.21. The van der Waals surface area contributed by atoms with Gasteiger partial charge in [-0.3, -0.25) is 4.79 Å². The molecular formula is C19H14BrN3O2S. The van der Waals surface area contributed by atoms with E-state index in [0.29, 0.717) is 21.1 Å². The number of nitrogens with zero attached hydrogens (tertiary/aromatic N) is 3. The molecule has 2 aromatic carbocycles. The second-order valence-electron chi connectivity index (χ2n) is 5.80. The fourth-order valence-corrected chi connectivity index (χ4v) is 3.98. The standard InChI is InChI=1S/C19H14BrN3O2S/c1-11-4-3-5-12(8-11)17-21-19-23(22-17)18(24)16(26-19)10-13-9-14(20)6-7-15(13)25-2/h3-10H,1-2H3/b16-10-. The van der Waals surface area contributed by atoms with Gasteiger partial charge in [0.25, 0.3) is 5.56 Å². The molecule has 7 heteroatoms. The van der Waals surface area contributed by atoms with Crippen LogP contribution in [0.15, 0.2) is 51.7 Å². The summed E-state index contributed by atoms with van der Waals surface area (Å²) >= 11 is 4.76. The molecule has 0 fully saturated rings. The van der Waals surface area contributed by atoms with E-state index in [0.717, 1.165) is 21.2 Å². The van der Waals surface area contributed by atoms with Gasteiger partial charge in [-0.2, -0.15) is 9.50 Å². The van der Waals surface area contributed by atoms with Gasteiger partial charge in [0.1, 0.15) is 5.75 Å². The zero-order chi connectivity index (χ0) is 18.3. The molecule has 26 heavy (non-hydrogen) atoms. The van der Waals surface area contributed by atoms with Crippen LogP contribution in [0.25, 0.3) is 22.4 Å². The van der Waals surface area contributed by atoms with Gasteiger partial charge in [0.2, 0.25) is 4.96 Å². The van der Waals surface area contributed by atoms with E-state index in [1.54, 1.807) is 13.2 Å². The molecule has 0 unspecified atom stereocenters. The molecule has 0 N–H and O–H groups in total. The predicted octanol–water partition coefficient (Wildman–Crippen LogP) is 3.45. The SMILES string of the molecule is COc1ccc(Br)cc1/C=c1\sc2nc(-c3cccc(C)c3)nn2c1=O. The summed E-state index contributed by atoms with van der Waals surface area (Å²) in [6, 6.07) is 13.6. The van der Waals surface area contributed by atoms with Crippen LogP contribution in [0.5, 0.6) is 5.75 Å². The van der Waals surface area contributed by atoms with E-state index < -0.39 is 0 Å². The lowest BCUT2D eigenvalue weighted by molar-refractivity contribution is 0.414. The number of halogens is 1. The molecule has 0 aliphatic rings.